The molecule has 0 saturated heterocycles. The average molecular weight is 349 g/mol. The van der Waals surface area contributed by atoms with Crippen molar-refractivity contribution in [3.8, 4) is 5.75 Å². The van der Waals surface area contributed by atoms with E-state index < -0.39 is 15.8 Å². The zero-order valence-corrected chi connectivity index (χ0v) is 14.6. The van der Waals surface area contributed by atoms with Crippen molar-refractivity contribution >= 4 is 10.0 Å². The Morgan fingerprint density at radius 3 is 2.58 bits per heavy atom. The maximum atomic E-state index is 13.8. The Kier molecular flexibility index (Phi) is 4.60. The molecular weight excluding hydrogens is 329 g/mol. The summed E-state index contributed by atoms with van der Waals surface area (Å²) >= 11 is 0. The molecule has 0 atom stereocenters. The summed E-state index contributed by atoms with van der Waals surface area (Å²) in [5, 5.41) is 0. The number of hydrogen-bond donors (Lipinski definition) is 0. The molecule has 0 saturated carbocycles. The predicted molar refractivity (Wildman–Crippen MR) is 90.1 cm³/mol. The van der Waals surface area contributed by atoms with Gasteiger partial charge in [0, 0.05) is 13.6 Å². The summed E-state index contributed by atoms with van der Waals surface area (Å²) in [6.45, 7) is 0.0976. The first-order chi connectivity index (χ1) is 11.4. The summed E-state index contributed by atoms with van der Waals surface area (Å²) in [5.74, 6) is -0.360. The Labute approximate surface area is 141 Å². The lowest BCUT2D eigenvalue weighted by molar-refractivity contribution is 0.385. The molecule has 0 bridgehead atoms. The van der Waals surface area contributed by atoms with E-state index in [9.17, 15) is 12.8 Å². The molecule has 128 valence electrons. The van der Waals surface area contributed by atoms with Crippen molar-refractivity contribution in [2.75, 3.05) is 14.2 Å². The molecule has 0 heterocycles. The van der Waals surface area contributed by atoms with Crippen LogP contribution in [0.4, 0.5) is 4.39 Å². The molecule has 1 aliphatic carbocycles. The fraction of sp³-hybridized carbons (Fsp3) is 0.333. The van der Waals surface area contributed by atoms with Gasteiger partial charge in [0.15, 0.2) is 11.6 Å². The van der Waals surface area contributed by atoms with Gasteiger partial charge in [0.2, 0.25) is 10.0 Å². The van der Waals surface area contributed by atoms with Crippen LogP contribution in [0.15, 0.2) is 41.3 Å². The number of aryl methyl sites for hydroxylation is 2. The van der Waals surface area contributed by atoms with E-state index in [1.807, 2.05) is 6.07 Å². The summed E-state index contributed by atoms with van der Waals surface area (Å²) in [7, 11) is -0.712. The lowest BCUT2D eigenvalue weighted by Gasteiger charge is -2.18. The molecule has 0 N–H and O–H groups in total. The van der Waals surface area contributed by atoms with Crippen molar-refractivity contribution in [1.82, 2.24) is 4.31 Å². The van der Waals surface area contributed by atoms with Crippen LogP contribution >= 0.6 is 0 Å². The van der Waals surface area contributed by atoms with E-state index in [4.69, 9.17) is 4.74 Å². The zero-order valence-electron chi connectivity index (χ0n) is 13.8. The fourth-order valence-electron chi connectivity index (χ4n) is 3.04. The standard InChI is InChI=1S/C18H20FNO3S/c1-20(12-13-6-9-18(23-2)17(19)10-13)24(21,22)16-8-7-14-4-3-5-15(14)11-16/h6-11H,3-5,12H2,1-2H3. The summed E-state index contributed by atoms with van der Waals surface area (Å²) < 4.78 is 45.4. The fourth-order valence-corrected chi connectivity index (χ4v) is 4.25. The van der Waals surface area contributed by atoms with E-state index in [1.165, 1.54) is 36.2 Å². The summed E-state index contributed by atoms with van der Waals surface area (Å²) in [6, 6.07) is 9.79. The largest absolute Gasteiger partial charge is 0.494 e. The van der Waals surface area contributed by atoms with Gasteiger partial charge >= 0.3 is 0 Å². The quantitative estimate of drug-likeness (QED) is 0.833. The van der Waals surface area contributed by atoms with Gasteiger partial charge in [-0.05, 0) is 60.2 Å². The molecule has 0 aliphatic heterocycles. The van der Waals surface area contributed by atoms with Crippen LogP contribution in [0.5, 0.6) is 5.75 Å². The second-order valence-corrected chi connectivity index (χ2v) is 8.06. The number of benzene rings is 2. The van der Waals surface area contributed by atoms with E-state index in [0.717, 1.165) is 24.8 Å². The average Bonchev–Trinajstić information content (AvgIpc) is 3.02. The Hall–Kier alpha value is -1.92. The number of halogens is 1. The minimum Gasteiger partial charge on any atom is -0.494 e. The van der Waals surface area contributed by atoms with E-state index in [-0.39, 0.29) is 12.3 Å². The second-order valence-electron chi connectivity index (χ2n) is 6.01. The number of nitrogens with zero attached hydrogens (tertiary/aromatic N) is 1. The molecule has 24 heavy (non-hydrogen) atoms. The van der Waals surface area contributed by atoms with Crippen LogP contribution in [0.2, 0.25) is 0 Å². The third-order valence-electron chi connectivity index (χ3n) is 4.40. The summed E-state index contributed by atoms with van der Waals surface area (Å²) in [6.07, 6.45) is 3.00. The number of rotatable bonds is 5. The van der Waals surface area contributed by atoms with E-state index in [2.05, 4.69) is 0 Å². The molecule has 2 aromatic rings. The highest BCUT2D eigenvalue weighted by atomic mass is 32.2. The van der Waals surface area contributed by atoms with Crippen LogP contribution in [-0.4, -0.2) is 26.9 Å². The zero-order chi connectivity index (χ0) is 17.3. The van der Waals surface area contributed by atoms with Gasteiger partial charge in [-0.2, -0.15) is 4.31 Å². The highest BCUT2D eigenvalue weighted by Crippen LogP contribution is 2.27. The molecule has 0 unspecified atom stereocenters. The maximum Gasteiger partial charge on any atom is 0.243 e. The molecule has 0 amide bonds. The van der Waals surface area contributed by atoms with Gasteiger partial charge < -0.3 is 4.74 Å². The topological polar surface area (TPSA) is 46.6 Å². The van der Waals surface area contributed by atoms with Gasteiger partial charge in [-0.25, -0.2) is 12.8 Å². The minimum absolute atomic E-state index is 0.0976. The lowest BCUT2D eigenvalue weighted by atomic mass is 10.1. The molecule has 1 aliphatic rings. The van der Waals surface area contributed by atoms with Gasteiger partial charge in [-0.1, -0.05) is 12.1 Å². The van der Waals surface area contributed by atoms with Gasteiger partial charge in [0.05, 0.1) is 12.0 Å². The molecule has 0 spiro atoms. The van der Waals surface area contributed by atoms with Crippen LogP contribution in [0.25, 0.3) is 0 Å². The molecular formula is C18H20FNO3S. The first-order valence-electron chi connectivity index (χ1n) is 7.82. The van der Waals surface area contributed by atoms with Gasteiger partial charge in [0.1, 0.15) is 0 Å². The molecule has 0 radical (unpaired) electrons. The van der Waals surface area contributed by atoms with Crippen molar-refractivity contribution < 1.29 is 17.5 Å². The van der Waals surface area contributed by atoms with Crippen LogP contribution in [0, 0.1) is 5.82 Å². The van der Waals surface area contributed by atoms with Crippen molar-refractivity contribution in [1.29, 1.82) is 0 Å². The van der Waals surface area contributed by atoms with E-state index in [1.54, 1.807) is 18.2 Å². The molecule has 2 aromatic carbocycles. The number of fused-ring (bicyclic) bond motifs is 1. The van der Waals surface area contributed by atoms with Gasteiger partial charge in [-0.15, -0.1) is 0 Å². The van der Waals surface area contributed by atoms with Gasteiger partial charge in [0.25, 0.3) is 0 Å². The first kappa shape index (κ1) is 16.9. The van der Waals surface area contributed by atoms with E-state index >= 15 is 0 Å². The van der Waals surface area contributed by atoms with Crippen LogP contribution in [-0.2, 0) is 29.4 Å². The summed E-state index contributed by atoms with van der Waals surface area (Å²) in [5.41, 5.74) is 2.91. The van der Waals surface area contributed by atoms with Crippen LogP contribution in [0.1, 0.15) is 23.1 Å². The molecule has 3 rings (SSSR count). The Morgan fingerprint density at radius 2 is 1.88 bits per heavy atom. The smallest absolute Gasteiger partial charge is 0.243 e. The van der Waals surface area contributed by atoms with Crippen LogP contribution < -0.4 is 4.74 Å². The SMILES string of the molecule is COc1ccc(CN(C)S(=O)(=O)c2ccc3c(c2)CCC3)cc1F. The van der Waals surface area contributed by atoms with Crippen molar-refractivity contribution in [3.05, 3.63) is 58.9 Å². The molecule has 0 aromatic heterocycles. The number of ether oxygens (including phenoxy) is 1. The maximum absolute atomic E-state index is 13.8. The lowest BCUT2D eigenvalue weighted by Crippen LogP contribution is -2.26. The van der Waals surface area contributed by atoms with Crippen molar-refractivity contribution in [2.45, 2.75) is 30.7 Å². The number of hydrogen-bond acceptors (Lipinski definition) is 3. The minimum atomic E-state index is -3.61. The van der Waals surface area contributed by atoms with Crippen molar-refractivity contribution in [3.63, 3.8) is 0 Å². The normalized spacial score (nSPS) is 14.0. The number of sulfonamides is 1. The Bertz CT molecular complexity index is 865. The molecule has 4 nitrogen and oxygen atoms in total. The number of methoxy groups -OCH3 is 1. The highest BCUT2D eigenvalue weighted by molar-refractivity contribution is 7.89. The summed E-state index contributed by atoms with van der Waals surface area (Å²) in [4.78, 5) is 0.291. The molecule has 0 fully saturated rings. The predicted octanol–water partition coefficient (Wildman–Crippen LogP) is 3.14. The van der Waals surface area contributed by atoms with Crippen LogP contribution in [0.3, 0.4) is 0 Å². The first-order valence-corrected chi connectivity index (χ1v) is 9.26. The monoisotopic (exact) mass is 349 g/mol. The third kappa shape index (κ3) is 3.16. The molecule has 6 heteroatoms. The highest BCUT2D eigenvalue weighted by Gasteiger charge is 2.23. The third-order valence-corrected chi connectivity index (χ3v) is 6.20. The van der Waals surface area contributed by atoms with Crippen molar-refractivity contribution in [2.24, 2.45) is 0 Å². The second kappa shape index (κ2) is 6.53. The van der Waals surface area contributed by atoms with E-state index in [0.29, 0.717) is 10.5 Å². The Morgan fingerprint density at radius 1 is 1.12 bits per heavy atom. The Balaban J connectivity index is 1.83. The van der Waals surface area contributed by atoms with Gasteiger partial charge in [-0.3, -0.25) is 0 Å².